The van der Waals surface area contributed by atoms with Crippen molar-refractivity contribution in [1.29, 1.82) is 0 Å². The first-order valence-electron chi connectivity index (χ1n) is 5.14. The van der Waals surface area contributed by atoms with E-state index < -0.39 is 0 Å². The molecular weight excluding hydrogens is 293 g/mol. The third kappa shape index (κ3) is 2.29. The third-order valence-electron chi connectivity index (χ3n) is 2.68. The number of benzene rings is 1. The van der Waals surface area contributed by atoms with E-state index in [0.29, 0.717) is 16.5 Å². The molecule has 1 atom stereocenters. The molecule has 18 heavy (non-hydrogen) atoms. The summed E-state index contributed by atoms with van der Waals surface area (Å²) in [6.45, 7) is 0.239. The topological polar surface area (TPSA) is 44.5 Å². The molecule has 2 heterocycles. The van der Waals surface area contributed by atoms with Crippen molar-refractivity contribution in [3.8, 4) is 11.5 Å². The van der Waals surface area contributed by atoms with E-state index in [2.05, 4.69) is 0 Å². The maximum absolute atomic E-state index is 6.21. The molecule has 1 aliphatic rings. The van der Waals surface area contributed by atoms with Gasteiger partial charge in [0.25, 0.3) is 0 Å². The van der Waals surface area contributed by atoms with Crippen LogP contribution >= 0.6 is 35.3 Å². The first-order chi connectivity index (χ1) is 8.25. The summed E-state index contributed by atoms with van der Waals surface area (Å²) in [7, 11) is 0. The van der Waals surface area contributed by atoms with Crippen LogP contribution in [0.2, 0.25) is 5.02 Å². The average Bonchev–Trinajstić information content (AvgIpc) is 2.97. The van der Waals surface area contributed by atoms with Gasteiger partial charge < -0.3 is 15.2 Å². The SMILES string of the molecule is Cl.N[C@@H](c1cccs1)c1cc2c(cc1Cl)OCO2. The fourth-order valence-electron chi connectivity index (χ4n) is 1.79. The lowest BCUT2D eigenvalue weighted by Gasteiger charge is -2.12. The molecule has 0 saturated heterocycles. The molecule has 2 aromatic rings. The van der Waals surface area contributed by atoms with E-state index in [-0.39, 0.29) is 25.2 Å². The summed E-state index contributed by atoms with van der Waals surface area (Å²) in [5.74, 6) is 1.38. The molecule has 2 N–H and O–H groups in total. The van der Waals surface area contributed by atoms with Gasteiger partial charge in [-0.1, -0.05) is 17.7 Å². The van der Waals surface area contributed by atoms with Gasteiger partial charge in [0, 0.05) is 16.0 Å². The molecule has 0 aliphatic carbocycles. The Kier molecular flexibility index (Phi) is 4.02. The minimum absolute atomic E-state index is 0. The van der Waals surface area contributed by atoms with Gasteiger partial charge in [-0.15, -0.1) is 23.7 Å². The van der Waals surface area contributed by atoms with Gasteiger partial charge in [-0.25, -0.2) is 0 Å². The number of hydrogen-bond acceptors (Lipinski definition) is 4. The van der Waals surface area contributed by atoms with Crippen molar-refractivity contribution >= 4 is 35.3 Å². The van der Waals surface area contributed by atoms with Gasteiger partial charge in [0.2, 0.25) is 6.79 Å². The van der Waals surface area contributed by atoms with Gasteiger partial charge in [0.1, 0.15) is 0 Å². The van der Waals surface area contributed by atoms with Crippen LogP contribution in [0.25, 0.3) is 0 Å². The number of halogens is 2. The molecule has 1 aromatic carbocycles. The van der Waals surface area contributed by atoms with Crippen LogP contribution in [-0.2, 0) is 0 Å². The Bertz CT molecular complexity index is 545. The summed E-state index contributed by atoms with van der Waals surface area (Å²) in [6.07, 6.45) is 0. The van der Waals surface area contributed by atoms with Crippen molar-refractivity contribution in [2.45, 2.75) is 6.04 Å². The molecule has 0 saturated carbocycles. The van der Waals surface area contributed by atoms with E-state index in [1.54, 1.807) is 17.4 Å². The second-order valence-corrected chi connectivity index (χ2v) is 5.11. The predicted octanol–water partition coefficient (Wildman–Crippen LogP) is 3.60. The summed E-state index contributed by atoms with van der Waals surface area (Å²) < 4.78 is 10.6. The molecule has 3 rings (SSSR count). The fraction of sp³-hybridized carbons (Fsp3) is 0.167. The molecular formula is C12H11Cl2NO2S. The Morgan fingerprint density at radius 2 is 2.00 bits per heavy atom. The number of rotatable bonds is 2. The summed E-state index contributed by atoms with van der Waals surface area (Å²) in [4.78, 5) is 1.07. The van der Waals surface area contributed by atoms with Gasteiger partial charge in [0.15, 0.2) is 11.5 Å². The molecule has 0 radical (unpaired) electrons. The summed E-state index contributed by atoms with van der Waals surface area (Å²) >= 11 is 7.82. The molecule has 1 aliphatic heterocycles. The smallest absolute Gasteiger partial charge is 0.231 e. The lowest BCUT2D eigenvalue weighted by atomic mass is 10.1. The number of hydrogen-bond donors (Lipinski definition) is 1. The van der Waals surface area contributed by atoms with E-state index in [1.165, 1.54) is 0 Å². The largest absolute Gasteiger partial charge is 0.454 e. The van der Waals surface area contributed by atoms with Gasteiger partial charge in [0.05, 0.1) is 6.04 Å². The van der Waals surface area contributed by atoms with Crippen LogP contribution in [-0.4, -0.2) is 6.79 Å². The van der Waals surface area contributed by atoms with E-state index in [9.17, 15) is 0 Å². The molecule has 96 valence electrons. The van der Waals surface area contributed by atoms with Crippen LogP contribution in [0.1, 0.15) is 16.5 Å². The Labute approximate surface area is 120 Å². The highest BCUT2D eigenvalue weighted by atomic mass is 35.5. The summed E-state index contributed by atoms with van der Waals surface area (Å²) in [5, 5.41) is 2.60. The monoisotopic (exact) mass is 303 g/mol. The Morgan fingerprint density at radius 3 is 2.67 bits per heavy atom. The molecule has 1 aromatic heterocycles. The van der Waals surface area contributed by atoms with Crippen molar-refractivity contribution < 1.29 is 9.47 Å². The highest BCUT2D eigenvalue weighted by Gasteiger charge is 2.20. The van der Waals surface area contributed by atoms with Gasteiger partial charge in [-0.2, -0.15) is 0 Å². The zero-order valence-electron chi connectivity index (χ0n) is 9.26. The van der Waals surface area contributed by atoms with Crippen LogP contribution < -0.4 is 15.2 Å². The average molecular weight is 304 g/mol. The molecule has 0 amide bonds. The zero-order chi connectivity index (χ0) is 11.8. The maximum Gasteiger partial charge on any atom is 0.231 e. The Hall–Kier alpha value is -0.940. The van der Waals surface area contributed by atoms with Crippen molar-refractivity contribution in [3.05, 3.63) is 45.1 Å². The number of ether oxygens (including phenoxy) is 2. The quantitative estimate of drug-likeness (QED) is 0.922. The number of thiophene rings is 1. The van der Waals surface area contributed by atoms with Crippen LogP contribution in [0.4, 0.5) is 0 Å². The second kappa shape index (κ2) is 5.36. The van der Waals surface area contributed by atoms with E-state index in [4.69, 9.17) is 26.8 Å². The number of nitrogens with two attached hydrogens (primary N) is 1. The van der Waals surface area contributed by atoms with Crippen molar-refractivity contribution in [3.63, 3.8) is 0 Å². The summed E-state index contributed by atoms with van der Waals surface area (Å²) in [6, 6.07) is 7.36. The van der Waals surface area contributed by atoms with Gasteiger partial charge >= 0.3 is 0 Å². The number of fused-ring (bicyclic) bond motifs is 1. The van der Waals surface area contributed by atoms with E-state index in [1.807, 2.05) is 23.6 Å². The molecule has 0 unspecified atom stereocenters. The van der Waals surface area contributed by atoms with Crippen molar-refractivity contribution in [2.24, 2.45) is 5.73 Å². The van der Waals surface area contributed by atoms with Crippen LogP contribution in [0.3, 0.4) is 0 Å². The molecule has 6 heteroatoms. The zero-order valence-corrected chi connectivity index (χ0v) is 11.6. The lowest BCUT2D eigenvalue weighted by Crippen LogP contribution is -2.10. The van der Waals surface area contributed by atoms with Crippen LogP contribution in [0.5, 0.6) is 11.5 Å². The highest BCUT2D eigenvalue weighted by molar-refractivity contribution is 7.10. The Balaban J connectivity index is 0.00000120. The van der Waals surface area contributed by atoms with E-state index in [0.717, 1.165) is 10.4 Å². The lowest BCUT2D eigenvalue weighted by molar-refractivity contribution is 0.174. The molecule has 0 spiro atoms. The molecule has 0 fully saturated rings. The molecule has 3 nitrogen and oxygen atoms in total. The predicted molar refractivity (Wildman–Crippen MR) is 75.2 cm³/mol. The van der Waals surface area contributed by atoms with Gasteiger partial charge in [-0.05, 0) is 23.1 Å². The van der Waals surface area contributed by atoms with Crippen molar-refractivity contribution in [1.82, 2.24) is 0 Å². The normalized spacial score (nSPS) is 14.1. The highest BCUT2D eigenvalue weighted by Crippen LogP contribution is 2.40. The standard InChI is InChI=1S/C12H10ClNO2S.ClH/c13-8-5-10-9(15-6-16-10)4-7(8)12(14)11-2-1-3-17-11;/h1-5,12H,6,14H2;1H/t12-;/m1./s1. The van der Waals surface area contributed by atoms with Crippen LogP contribution in [0.15, 0.2) is 29.6 Å². The summed E-state index contributed by atoms with van der Waals surface area (Å²) in [5.41, 5.74) is 7.04. The first-order valence-corrected chi connectivity index (χ1v) is 6.39. The van der Waals surface area contributed by atoms with E-state index >= 15 is 0 Å². The van der Waals surface area contributed by atoms with Crippen LogP contribution in [0, 0.1) is 0 Å². The van der Waals surface area contributed by atoms with Gasteiger partial charge in [-0.3, -0.25) is 0 Å². The fourth-order valence-corrected chi connectivity index (χ4v) is 2.81. The Morgan fingerprint density at radius 1 is 1.28 bits per heavy atom. The minimum Gasteiger partial charge on any atom is -0.454 e. The third-order valence-corrected chi connectivity index (χ3v) is 3.96. The second-order valence-electron chi connectivity index (χ2n) is 3.72. The molecule has 0 bridgehead atoms. The first kappa shape index (κ1) is 13.5. The minimum atomic E-state index is -0.225. The van der Waals surface area contributed by atoms with Crippen molar-refractivity contribution in [2.75, 3.05) is 6.79 Å². The maximum atomic E-state index is 6.21.